The van der Waals surface area contributed by atoms with Crippen LogP contribution in [0.1, 0.15) is 25.0 Å². The summed E-state index contributed by atoms with van der Waals surface area (Å²) in [5, 5.41) is 12.1. The summed E-state index contributed by atoms with van der Waals surface area (Å²) in [6.45, 7) is 3.95. The molecule has 0 saturated heterocycles. The summed E-state index contributed by atoms with van der Waals surface area (Å²) >= 11 is 0. The largest absolute Gasteiger partial charge is 0.411 e. The molecule has 2 heteroatoms. The van der Waals surface area contributed by atoms with E-state index in [0.29, 0.717) is 5.71 Å². The van der Waals surface area contributed by atoms with Crippen molar-refractivity contribution in [3.8, 4) is 12.3 Å². The Labute approximate surface area is 84.3 Å². The zero-order valence-corrected chi connectivity index (χ0v) is 8.36. The Bertz CT molecular complexity index is 368. The van der Waals surface area contributed by atoms with Crippen molar-refractivity contribution < 1.29 is 5.21 Å². The minimum atomic E-state index is 0.191. The second-order valence-corrected chi connectivity index (χ2v) is 3.36. The molecule has 0 fully saturated rings. The van der Waals surface area contributed by atoms with Gasteiger partial charge in [0.15, 0.2) is 0 Å². The van der Waals surface area contributed by atoms with E-state index < -0.39 is 0 Å². The van der Waals surface area contributed by atoms with Crippen molar-refractivity contribution >= 4 is 5.71 Å². The summed E-state index contributed by atoms with van der Waals surface area (Å²) in [4.78, 5) is 0. The van der Waals surface area contributed by atoms with Crippen LogP contribution in [-0.2, 0) is 0 Å². The molecule has 0 aromatic heterocycles. The van der Waals surface area contributed by atoms with Crippen molar-refractivity contribution in [3.63, 3.8) is 0 Å². The molecule has 1 aromatic rings. The van der Waals surface area contributed by atoms with Gasteiger partial charge in [0.1, 0.15) is 0 Å². The smallest absolute Gasteiger partial charge is 0.0893 e. The zero-order chi connectivity index (χ0) is 10.6. The molecule has 1 N–H and O–H groups in total. The molecule has 0 aliphatic carbocycles. The van der Waals surface area contributed by atoms with Gasteiger partial charge in [-0.3, -0.25) is 0 Å². The maximum atomic E-state index is 8.82. The Morgan fingerprint density at radius 1 is 1.36 bits per heavy atom. The van der Waals surface area contributed by atoms with E-state index in [1.165, 1.54) is 0 Å². The number of rotatable bonds is 2. The van der Waals surface area contributed by atoms with Gasteiger partial charge < -0.3 is 5.21 Å². The quantitative estimate of drug-likeness (QED) is 0.328. The van der Waals surface area contributed by atoms with Crippen LogP contribution in [0.25, 0.3) is 0 Å². The summed E-state index contributed by atoms with van der Waals surface area (Å²) in [5.74, 6) is 2.73. The van der Waals surface area contributed by atoms with Gasteiger partial charge >= 0.3 is 0 Å². The van der Waals surface area contributed by atoms with Gasteiger partial charge in [0.05, 0.1) is 5.71 Å². The summed E-state index contributed by atoms with van der Waals surface area (Å²) in [6.07, 6.45) is 5.24. The number of oxime groups is 1. The predicted octanol–water partition coefficient (Wildman–Crippen LogP) is 2.50. The molecule has 2 nitrogen and oxygen atoms in total. The van der Waals surface area contributed by atoms with Gasteiger partial charge in [-0.15, -0.1) is 6.42 Å². The van der Waals surface area contributed by atoms with Gasteiger partial charge in [-0.25, -0.2) is 0 Å². The zero-order valence-electron chi connectivity index (χ0n) is 8.36. The first-order chi connectivity index (χ1) is 6.69. The van der Waals surface area contributed by atoms with Gasteiger partial charge in [0.25, 0.3) is 0 Å². The summed E-state index contributed by atoms with van der Waals surface area (Å²) in [5.41, 5.74) is 2.41. The minimum Gasteiger partial charge on any atom is -0.411 e. The lowest BCUT2D eigenvalue weighted by Crippen LogP contribution is -2.09. The normalized spacial score (nSPS) is 11.4. The van der Waals surface area contributed by atoms with Crippen LogP contribution in [0.3, 0.4) is 0 Å². The van der Waals surface area contributed by atoms with Crippen molar-refractivity contribution in [2.75, 3.05) is 0 Å². The van der Waals surface area contributed by atoms with E-state index in [1.807, 2.05) is 38.1 Å². The molecule has 0 heterocycles. The lowest BCUT2D eigenvalue weighted by molar-refractivity contribution is 0.316. The van der Waals surface area contributed by atoms with Gasteiger partial charge in [0, 0.05) is 5.56 Å². The molecule has 0 aliphatic rings. The lowest BCUT2D eigenvalue weighted by atomic mass is 9.99. The fraction of sp³-hybridized carbons (Fsp3) is 0.250. The van der Waals surface area contributed by atoms with Crippen LogP contribution in [0.4, 0.5) is 0 Å². The molecule has 1 rings (SSSR count). The first kappa shape index (κ1) is 10.3. The Balaban J connectivity index is 3.03. The van der Waals surface area contributed by atoms with E-state index in [4.69, 9.17) is 11.6 Å². The highest BCUT2D eigenvalue weighted by Gasteiger charge is 2.08. The van der Waals surface area contributed by atoms with E-state index in [0.717, 1.165) is 11.1 Å². The van der Waals surface area contributed by atoms with E-state index in [9.17, 15) is 0 Å². The van der Waals surface area contributed by atoms with Crippen molar-refractivity contribution in [2.24, 2.45) is 11.1 Å². The van der Waals surface area contributed by atoms with Crippen LogP contribution >= 0.6 is 0 Å². The second kappa shape index (κ2) is 4.48. The molecule has 1 aromatic carbocycles. The fourth-order valence-corrected chi connectivity index (χ4v) is 1.24. The highest BCUT2D eigenvalue weighted by atomic mass is 16.4. The first-order valence-corrected chi connectivity index (χ1v) is 4.48. The third kappa shape index (κ3) is 2.14. The Morgan fingerprint density at radius 2 is 1.93 bits per heavy atom. The molecule has 0 saturated carbocycles. The number of terminal acetylenes is 1. The maximum absolute atomic E-state index is 8.82. The molecule has 0 bridgehead atoms. The van der Waals surface area contributed by atoms with Crippen molar-refractivity contribution in [1.82, 2.24) is 0 Å². The topological polar surface area (TPSA) is 32.6 Å². The second-order valence-electron chi connectivity index (χ2n) is 3.36. The van der Waals surface area contributed by atoms with Crippen molar-refractivity contribution in [2.45, 2.75) is 13.8 Å². The number of hydrogen-bond acceptors (Lipinski definition) is 2. The van der Waals surface area contributed by atoms with Crippen molar-refractivity contribution in [3.05, 3.63) is 35.4 Å². The molecule has 0 radical (unpaired) electrons. The summed E-state index contributed by atoms with van der Waals surface area (Å²) < 4.78 is 0. The molecule has 0 unspecified atom stereocenters. The lowest BCUT2D eigenvalue weighted by Gasteiger charge is -2.07. The highest BCUT2D eigenvalue weighted by Crippen LogP contribution is 2.10. The highest BCUT2D eigenvalue weighted by molar-refractivity contribution is 6.01. The third-order valence-corrected chi connectivity index (χ3v) is 2.00. The SMILES string of the molecule is C#Cc1ccc(C(=NO)C(C)C)cc1. The number of benzene rings is 1. The number of hydrogen-bond donors (Lipinski definition) is 1. The maximum Gasteiger partial charge on any atom is 0.0893 e. The summed E-state index contributed by atoms with van der Waals surface area (Å²) in [6, 6.07) is 7.40. The van der Waals surface area contributed by atoms with Crippen LogP contribution in [0.2, 0.25) is 0 Å². The van der Waals surface area contributed by atoms with E-state index in [-0.39, 0.29) is 5.92 Å². The molecule has 0 aliphatic heterocycles. The average Bonchev–Trinajstić information content (AvgIpc) is 2.19. The van der Waals surface area contributed by atoms with Gasteiger partial charge in [0.2, 0.25) is 0 Å². The Hall–Kier alpha value is -1.75. The van der Waals surface area contributed by atoms with E-state index >= 15 is 0 Å². The molecule has 14 heavy (non-hydrogen) atoms. The van der Waals surface area contributed by atoms with Crippen LogP contribution < -0.4 is 0 Å². The molecule has 72 valence electrons. The van der Waals surface area contributed by atoms with Crippen LogP contribution in [0, 0.1) is 18.3 Å². The molecule has 0 amide bonds. The summed E-state index contributed by atoms with van der Waals surface area (Å²) in [7, 11) is 0. The van der Waals surface area contributed by atoms with Crippen LogP contribution in [0.15, 0.2) is 29.4 Å². The minimum absolute atomic E-state index is 0.191. The Morgan fingerprint density at radius 3 is 2.29 bits per heavy atom. The van der Waals surface area contributed by atoms with Gasteiger partial charge in [-0.2, -0.15) is 0 Å². The first-order valence-electron chi connectivity index (χ1n) is 4.48. The van der Waals surface area contributed by atoms with Gasteiger partial charge in [-0.1, -0.05) is 37.1 Å². The molecule has 0 spiro atoms. The van der Waals surface area contributed by atoms with Crippen LogP contribution in [0.5, 0.6) is 0 Å². The standard InChI is InChI=1S/C12H13NO/c1-4-10-5-7-11(8-6-10)12(13-14)9(2)3/h1,5-9,14H,2-3H3. The van der Waals surface area contributed by atoms with Crippen LogP contribution in [-0.4, -0.2) is 10.9 Å². The predicted molar refractivity (Wildman–Crippen MR) is 57.5 cm³/mol. The van der Waals surface area contributed by atoms with Crippen molar-refractivity contribution in [1.29, 1.82) is 0 Å². The molecular formula is C12H13NO. The molecular weight excluding hydrogens is 174 g/mol. The fourth-order valence-electron chi connectivity index (χ4n) is 1.24. The number of nitrogens with zero attached hydrogens (tertiary/aromatic N) is 1. The van der Waals surface area contributed by atoms with E-state index in [1.54, 1.807) is 0 Å². The van der Waals surface area contributed by atoms with Gasteiger partial charge in [-0.05, 0) is 23.6 Å². The monoisotopic (exact) mass is 187 g/mol. The Kier molecular flexibility index (Phi) is 3.30. The van der Waals surface area contributed by atoms with E-state index in [2.05, 4.69) is 11.1 Å². The molecule has 0 atom stereocenters. The third-order valence-electron chi connectivity index (χ3n) is 2.00. The average molecular weight is 187 g/mol.